The van der Waals surface area contributed by atoms with Gasteiger partial charge in [-0.3, -0.25) is 0 Å². The lowest BCUT2D eigenvalue weighted by Crippen LogP contribution is -2.63. The van der Waals surface area contributed by atoms with Crippen LogP contribution in [0, 0.1) is 0 Å². The molecule has 23 heavy (non-hydrogen) atoms. The highest BCUT2D eigenvalue weighted by molar-refractivity contribution is 5.69. The minimum Gasteiger partial charge on any atom is -0.444 e. The molecule has 1 amide bonds. The maximum atomic E-state index is 12.7. The number of hydrogen-bond acceptors (Lipinski definition) is 4. The molecule has 2 saturated heterocycles. The second kappa shape index (κ2) is 6.60. The molecule has 3 fully saturated rings. The molecule has 5 nitrogen and oxygen atoms in total. The largest absolute Gasteiger partial charge is 0.444 e. The average molecular weight is 324 g/mol. The van der Waals surface area contributed by atoms with Gasteiger partial charge >= 0.3 is 6.09 Å². The second-order valence-corrected chi connectivity index (χ2v) is 8.51. The molecule has 0 bridgehead atoms. The van der Waals surface area contributed by atoms with Gasteiger partial charge in [0.05, 0.1) is 19.3 Å². The minimum absolute atomic E-state index is 0.00110. The molecule has 0 aromatic rings. The van der Waals surface area contributed by atoms with E-state index in [1.807, 2.05) is 20.8 Å². The van der Waals surface area contributed by atoms with E-state index in [9.17, 15) is 4.79 Å². The lowest BCUT2D eigenvalue weighted by molar-refractivity contribution is -0.0462. The lowest BCUT2D eigenvalue weighted by atomic mass is 9.73. The van der Waals surface area contributed by atoms with Gasteiger partial charge in [-0.15, -0.1) is 0 Å². The Balaban J connectivity index is 1.69. The number of carbonyl (C=O) groups excluding carboxylic acids is 1. The maximum Gasteiger partial charge on any atom is 0.410 e. The summed E-state index contributed by atoms with van der Waals surface area (Å²) < 4.78 is 11.0. The number of rotatable bonds is 2. The van der Waals surface area contributed by atoms with Crippen LogP contribution in [-0.4, -0.2) is 54.0 Å². The monoisotopic (exact) mass is 324 g/mol. The molecular formula is C18H32N2O3. The number of hydrogen-bond donors (Lipinski definition) is 1. The Morgan fingerprint density at radius 2 is 1.87 bits per heavy atom. The summed E-state index contributed by atoms with van der Waals surface area (Å²) in [5, 5.41) is 3.73. The molecule has 0 radical (unpaired) electrons. The van der Waals surface area contributed by atoms with E-state index in [4.69, 9.17) is 9.47 Å². The molecule has 0 aromatic heterocycles. The van der Waals surface area contributed by atoms with Gasteiger partial charge in [0.25, 0.3) is 0 Å². The molecule has 132 valence electrons. The fraction of sp³-hybridized carbons (Fsp3) is 0.944. The van der Waals surface area contributed by atoms with Crippen molar-refractivity contribution < 1.29 is 14.3 Å². The quantitative estimate of drug-likeness (QED) is 0.848. The molecule has 2 aliphatic heterocycles. The van der Waals surface area contributed by atoms with Crippen molar-refractivity contribution in [3.05, 3.63) is 0 Å². The highest BCUT2D eigenvalue weighted by Gasteiger charge is 2.46. The number of amides is 1. The van der Waals surface area contributed by atoms with Crippen LogP contribution in [0.15, 0.2) is 0 Å². The summed E-state index contributed by atoms with van der Waals surface area (Å²) in [4.78, 5) is 14.8. The first kappa shape index (κ1) is 17.0. The maximum absolute atomic E-state index is 12.7. The summed E-state index contributed by atoms with van der Waals surface area (Å²) in [5.41, 5.74) is -0.424. The third kappa shape index (κ3) is 4.00. The van der Waals surface area contributed by atoms with Gasteiger partial charge in [0.1, 0.15) is 5.60 Å². The fourth-order valence-corrected chi connectivity index (χ4v) is 4.29. The summed E-state index contributed by atoms with van der Waals surface area (Å²) in [6, 6.07) is 1.01. The first-order valence-corrected chi connectivity index (χ1v) is 9.22. The number of nitrogens with one attached hydrogen (secondary N) is 1. The molecular weight excluding hydrogens is 292 g/mol. The van der Waals surface area contributed by atoms with Gasteiger partial charge < -0.3 is 19.7 Å². The predicted molar refractivity (Wildman–Crippen MR) is 89.5 cm³/mol. The van der Waals surface area contributed by atoms with Crippen molar-refractivity contribution in [1.82, 2.24) is 10.2 Å². The number of carbonyl (C=O) groups is 1. The van der Waals surface area contributed by atoms with Crippen molar-refractivity contribution in [2.75, 3.05) is 19.8 Å². The van der Waals surface area contributed by atoms with E-state index in [0.717, 1.165) is 45.4 Å². The third-order valence-corrected chi connectivity index (χ3v) is 5.41. The molecule has 1 aliphatic carbocycles. The molecule has 3 rings (SSSR count). The third-order valence-electron chi connectivity index (χ3n) is 5.41. The molecule has 0 aromatic carbocycles. The normalized spacial score (nSPS) is 28.5. The van der Waals surface area contributed by atoms with Gasteiger partial charge in [-0.2, -0.15) is 0 Å². The van der Waals surface area contributed by atoms with Crippen LogP contribution in [-0.2, 0) is 9.47 Å². The molecule has 1 spiro atoms. The fourth-order valence-electron chi connectivity index (χ4n) is 4.29. The zero-order valence-corrected chi connectivity index (χ0v) is 14.9. The molecule has 1 N–H and O–H groups in total. The van der Waals surface area contributed by atoms with Gasteiger partial charge in [0.2, 0.25) is 0 Å². The van der Waals surface area contributed by atoms with Crippen LogP contribution in [0.4, 0.5) is 4.79 Å². The van der Waals surface area contributed by atoms with Crippen molar-refractivity contribution in [2.45, 2.75) is 88.9 Å². The van der Waals surface area contributed by atoms with Gasteiger partial charge in [-0.05, 0) is 46.5 Å². The first-order chi connectivity index (χ1) is 10.9. The number of nitrogens with zero attached hydrogens (tertiary/aromatic N) is 1. The minimum atomic E-state index is -0.425. The molecule has 2 heterocycles. The van der Waals surface area contributed by atoms with Gasteiger partial charge in [0.15, 0.2) is 0 Å². The smallest absolute Gasteiger partial charge is 0.410 e. The second-order valence-electron chi connectivity index (χ2n) is 8.51. The molecule has 1 unspecified atom stereocenters. The van der Waals surface area contributed by atoms with E-state index >= 15 is 0 Å². The van der Waals surface area contributed by atoms with Crippen LogP contribution in [0.1, 0.15) is 65.7 Å². The summed E-state index contributed by atoms with van der Waals surface area (Å²) in [5.74, 6) is 0. The Morgan fingerprint density at radius 1 is 1.17 bits per heavy atom. The van der Waals surface area contributed by atoms with Gasteiger partial charge in [-0.25, -0.2) is 4.79 Å². The van der Waals surface area contributed by atoms with Gasteiger partial charge in [0, 0.05) is 18.1 Å². The Labute approximate surface area is 140 Å². The topological polar surface area (TPSA) is 50.8 Å². The van der Waals surface area contributed by atoms with Crippen molar-refractivity contribution in [2.24, 2.45) is 0 Å². The predicted octanol–water partition coefficient (Wildman–Crippen LogP) is 3.08. The summed E-state index contributed by atoms with van der Waals surface area (Å²) in [6.45, 7) is 8.31. The Morgan fingerprint density at radius 3 is 2.43 bits per heavy atom. The Bertz CT molecular complexity index is 422. The molecule has 3 aliphatic rings. The average Bonchev–Trinajstić information content (AvgIpc) is 2.42. The Kier molecular flexibility index (Phi) is 4.88. The first-order valence-electron chi connectivity index (χ1n) is 9.22. The van der Waals surface area contributed by atoms with E-state index in [0.29, 0.717) is 12.1 Å². The van der Waals surface area contributed by atoms with E-state index < -0.39 is 5.60 Å². The zero-order chi connectivity index (χ0) is 16.5. The lowest BCUT2D eigenvalue weighted by Gasteiger charge is -2.52. The number of ether oxygens (including phenoxy) is 2. The number of piperidine rings is 1. The molecule has 5 heteroatoms. The van der Waals surface area contributed by atoms with Crippen LogP contribution in [0.3, 0.4) is 0 Å². The van der Waals surface area contributed by atoms with Crippen LogP contribution in [0.5, 0.6) is 0 Å². The van der Waals surface area contributed by atoms with Crippen LogP contribution in [0.25, 0.3) is 0 Å². The van der Waals surface area contributed by atoms with E-state index in [1.165, 1.54) is 19.3 Å². The van der Waals surface area contributed by atoms with Gasteiger partial charge in [-0.1, -0.05) is 19.3 Å². The highest BCUT2D eigenvalue weighted by atomic mass is 16.6. The van der Waals surface area contributed by atoms with Crippen molar-refractivity contribution in [3.63, 3.8) is 0 Å². The summed E-state index contributed by atoms with van der Waals surface area (Å²) in [6.07, 6.45) is 7.91. The van der Waals surface area contributed by atoms with Crippen LogP contribution < -0.4 is 5.32 Å². The molecule has 1 saturated carbocycles. The standard InChI is InChI=1S/C18H32N2O3/c1-17(2,3)23-16(21)20-10-7-14(19-15-12-22-13-15)11-18(20)8-5-4-6-9-18/h14-15,19H,4-13H2,1-3H3. The summed E-state index contributed by atoms with van der Waals surface area (Å²) in [7, 11) is 0. The SMILES string of the molecule is CC(C)(C)OC(=O)N1CCC(NC2COC2)CC12CCCCC2. The highest BCUT2D eigenvalue weighted by Crippen LogP contribution is 2.41. The van der Waals surface area contributed by atoms with Crippen LogP contribution in [0.2, 0.25) is 0 Å². The zero-order valence-electron chi connectivity index (χ0n) is 14.9. The van der Waals surface area contributed by atoms with Crippen molar-refractivity contribution >= 4 is 6.09 Å². The van der Waals surface area contributed by atoms with Crippen molar-refractivity contribution in [3.8, 4) is 0 Å². The number of likely N-dealkylation sites (tertiary alicyclic amines) is 1. The van der Waals surface area contributed by atoms with E-state index in [-0.39, 0.29) is 11.6 Å². The van der Waals surface area contributed by atoms with E-state index in [2.05, 4.69) is 10.2 Å². The Hall–Kier alpha value is -0.810. The van der Waals surface area contributed by atoms with Crippen LogP contribution >= 0.6 is 0 Å². The van der Waals surface area contributed by atoms with Crippen molar-refractivity contribution in [1.29, 1.82) is 0 Å². The van der Waals surface area contributed by atoms with E-state index in [1.54, 1.807) is 0 Å². The molecule has 1 atom stereocenters. The summed E-state index contributed by atoms with van der Waals surface area (Å²) >= 11 is 0.